The number of nitrogens with zero attached hydrogens (tertiary/aromatic N) is 3. The first kappa shape index (κ1) is 18.3. The Bertz CT molecular complexity index is 944. The molecule has 0 radical (unpaired) electrons. The number of nitrogens with one attached hydrogen (secondary N) is 1. The van der Waals surface area contributed by atoms with E-state index in [-0.39, 0.29) is 17.8 Å². The number of hydrogen-bond donors (Lipinski definition) is 1. The number of ether oxygens (including phenoxy) is 1. The molecular formula is C21H21FN4O2. The first-order valence-corrected chi connectivity index (χ1v) is 9.31. The maximum atomic E-state index is 13.9. The summed E-state index contributed by atoms with van der Waals surface area (Å²) in [6.45, 7) is 1.66. The first-order chi connectivity index (χ1) is 13.7. The van der Waals surface area contributed by atoms with Crippen LogP contribution in [0.1, 0.15) is 28.9 Å². The number of rotatable bonds is 5. The molecule has 0 unspecified atom stereocenters. The van der Waals surface area contributed by atoms with Gasteiger partial charge in [0.2, 0.25) is 0 Å². The Balaban J connectivity index is 1.40. The van der Waals surface area contributed by atoms with Gasteiger partial charge >= 0.3 is 0 Å². The van der Waals surface area contributed by atoms with E-state index in [2.05, 4.69) is 15.2 Å². The van der Waals surface area contributed by atoms with Gasteiger partial charge in [-0.15, -0.1) is 0 Å². The lowest BCUT2D eigenvalue weighted by Crippen LogP contribution is -2.43. The van der Waals surface area contributed by atoms with E-state index in [1.807, 2.05) is 12.1 Å². The number of H-pyrrole nitrogens is 1. The van der Waals surface area contributed by atoms with Gasteiger partial charge in [0.15, 0.2) is 0 Å². The summed E-state index contributed by atoms with van der Waals surface area (Å²) in [4.78, 5) is 18.7. The fourth-order valence-electron chi connectivity index (χ4n) is 3.36. The number of pyridine rings is 1. The average molecular weight is 380 g/mol. The van der Waals surface area contributed by atoms with Crippen LogP contribution in [0.25, 0.3) is 11.3 Å². The van der Waals surface area contributed by atoms with Gasteiger partial charge in [-0.1, -0.05) is 18.2 Å². The molecule has 1 aliphatic rings. The molecule has 1 fully saturated rings. The second kappa shape index (κ2) is 8.31. The number of aromatic amines is 1. The Labute approximate surface area is 162 Å². The highest BCUT2D eigenvalue weighted by Gasteiger charge is 2.26. The lowest BCUT2D eigenvalue weighted by Gasteiger charge is -2.32. The van der Waals surface area contributed by atoms with Gasteiger partial charge in [0, 0.05) is 31.0 Å². The van der Waals surface area contributed by atoms with E-state index < -0.39 is 0 Å². The maximum absolute atomic E-state index is 13.9. The predicted molar refractivity (Wildman–Crippen MR) is 102 cm³/mol. The van der Waals surface area contributed by atoms with Crippen LogP contribution in [-0.2, 0) is 11.3 Å². The maximum Gasteiger partial charge on any atom is 0.271 e. The first-order valence-electron chi connectivity index (χ1n) is 9.31. The molecule has 1 N–H and O–H groups in total. The third-order valence-electron chi connectivity index (χ3n) is 4.83. The summed E-state index contributed by atoms with van der Waals surface area (Å²) in [6.07, 6.45) is 5.27. The Hall–Kier alpha value is -3.06. The van der Waals surface area contributed by atoms with E-state index in [0.29, 0.717) is 36.6 Å². The largest absolute Gasteiger partial charge is 0.372 e. The Morgan fingerprint density at radius 2 is 2.18 bits per heavy atom. The molecule has 0 spiro atoms. The minimum absolute atomic E-state index is 0.0214. The molecule has 144 valence electrons. The SMILES string of the molecule is O=C(c1cc(-c2ccccc2F)n[nH]1)N1CCC[C@H](OCc2cccnc2)C1. The zero-order valence-electron chi connectivity index (χ0n) is 15.3. The molecule has 0 saturated carbocycles. The second-order valence-electron chi connectivity index (χ2n) is 6.83. The summed E-state index contributed by atoms with van der Waals surface area (Å²) in [5.41, 5.74) is 2.15. The van der Waals surface area contributed by atoms with Crippen molar-refractivity contribution in [3.05, 3.63) is 71.9 Å². The van der Waals surface area contributed by atoms with Gasteiger partial charge < -0.3 is 9.64 Å². The smallest absolute Gasteiger partial charge is 0.271 e. The Morgan fingerprint density at radius 1 is 1.29 bits per heavy atom. The molecule has 28 heavy (non-hydrogen) atoms. The van der Waals surface area contributed by atoms with E-state index in [4.69, 9.17) is 4.74 Å². The molecule has 1 aromatic carbocycles. The number of piperidine rings is 1. The second-order valence-corrected chi connectivity index (χ2v) is 6.83. The van der Waals surface area contributed by atoms with Crippen LogP contribution in [-0.4, -0.2) is 45.2 Å². The van der Waals surface area contributed by atoms with Gasteiger partial charge in [0.05, 0.1) is 18.4 Å². The highest BCUT2D eigenvalue weighted by molar-refractivity contribution is 5.93. The molecule has 1 amide bonds. The number of aromatic nitrogens is 3. The summed E-state index contributed by atoms with van der Waals surface area (Å²) in [5.74, 6) is -0.514. The monoisotopic (exact) mass is 380 g/mol. The third-order valence-corrected chi connectivity index (χ3v) is 4.83. The molecule has 0 aliphatic carbocycles. The quantitative estimate of drug-likeness (QED) is 0.736. The summed E-state index contributed by atoms with van der Waals surface area (Å²) in [5, 5.41) is 6.85. The lowest BCUT2D eigenvalue weighted by atomic mass is 10.1. The molecule has 3 aromatic rings. The van der Waals surface area contributed by atoms with Crippen LogP contribution in [0, 0.1) is 5.82 Å². The van der Waals surface area contributed by atoms with E-state index in [9.17, 15) is 9.18 Å². The lowest BCUT2D eigenvalue weighted by molar-refractivity contribution is -0.00697. The molecule has 1 saturated heterocycles. The van der Waals surface area contributed by atoms with Gasteiger partial charge in [0.1, 0.15) is 11.5 Å². The van der Waals surface area contributed by atoms with Crippen LogP contribution >= 0.6 is 0 Å². The molecule has 7 heteroatoms. The van der Waals surface area contributed by atoms with Gasteiger partial charge in [0.25, 0.3) is 5.91 Å². The molecule has 4 rings (SSSR count). The fourth-order valence-corrected chi connectivity index (χ4v) is 3.36. The molecule has 2 aromatic heterocycles. The summed E-state index contributed by atoms with van der Waals surface area (Å²) >= 11 is 0. The molecule has 6 nitrogen and oxygen atoms in total. The number of halogens is 1. The van der Waals surface area contributed by atoms with Crippen molar-refractivity contribution in [2.75, 3.05) is 13.1 Å². The van der Waals surface area contributed by atoms with Crippen LogP contribution in [0.2, 0.25) is 0 Å². The highest BCUT2D eigenvalue weighted by Crippen LogP contribution is 2.22. The van der Waals surface area contributed by atoms with Gasteiger partial charge in [-0.3, -0.25) is 14.9 Å². The minimum Gasteiger partial charge on any atom is -0.372 e. The Kier molecular flexibility index (Phi) is 5.43. The normalized spacial score (nSPS) is 16.9. The van der Waals surface area contributed by atoms with Crippen LogP contribution in [0.5, 0.6) is 0 Å². The number of amides is 1. The van der Waals surface area contributed by atoms with E-state index in [1.54, 1.807) is 41.6 Å². The molecule has 1 atom stereocenters. The number of likely N-dealkylation sites (tertiary alicyclic amines) is 1. The van der Waals surface area contributed by atoms with Crippen molar-refractivity contribution < 1.29 is 13.9 Å². The van der Waals surface area contributed by atoms with Gasteiger partial charge in [-0.05, 0) is 42.7 Å². The zero-order valence-corrected chi connectivity index (χ0v) is 15.3. The van der Waals surface area contributed by atoms with Crippen LogP contribution in [0.4, 0.5) is 4.39 Å². The molecular weight excluding hydrogens is 359 g/mol. The average Bonchev–Trinajstić information content (AvgIpc) is 3.23. The molecule has 3 heterocycles. The third kappa shape index (κ3) is 4.09. The number of benzene rings is 1. The highest BCUT2D eigenvalue weighted by atomic mass is 19.1. The van der Waals surface area contributed by atoms with Crippen molar-refractivity contribution in [2.45, 2.75) is 25.6 Å². The van der Waals surface area contributed by atoms with E-state index in [0.717, 1.165) is 18.4 Å². The topological polar surface area (TPSA) is 71.1 Å². The van der Waals surface area contributed by atoms with E-state index >= 15 is 0 Å². The van der Waals surface area contributed by atoms with Gasteiger partial charge in [-0.25, -0.2) is 4.39 Å². The van der Waals surface area contributed by atoms with Crippen molar-refractivity contribution in [2.24, 2.45) is 0 Å². The number of hydrogen-bond acceptors (Lipinski definition) is 4. The van der Waals surface area contributed by atoms with Crippen LogP contribution in [0.3, 0.4) is 0 Å². The standard InChI is InChI=1S/C21H21FN4O2/c22-18-8-2-1-7-17(18)19-11-20(25-24-19)21(27)26-10-4-6-16(13-26)28-14-15-5-3-9-23-12-15/h1-3,5,7-9,11-12,16H,4,6,10,13-14H2,(H,24,25)/t16-/m0/s1. The van der Waals surface area contributed by atoms with Crippen molar-refractivity contribution in [3.63, 3.8) is 0 Å². The van der Waals surface area contributed by atoms with E-state index in [1.165, 1.54) is 6.07 Å². The van der Waals surface area contributed by atoms with Crippen molar-refractivity contribution in [3.8, 4) is 11.3 Å². The summed E-state index contributed by atoms with van der Waals surface area (Å²) < 4.78 is 19.9. The van der Waals surface area contributed by atoms with Crippen LogP contribution in [0.15, 0.2) is 54.9 Å². The Morgan fingerprint density at radius 3 is 3.00 bits per heavy atom. The van der Waals surface area contributed by atoms with Gasteiger partial charge in [-0.2, -0.15) is 5.10 Å². The van der Waals surface area contributed by atoms with Crippen LogP contribution < -0.4 is 0 Å². The van der Waals surface area contributed by atoms with Crippen molar-refractivity contribution >= 4 is 5.91 Å². The number of carbonyl (C=O) groups is 1. The number of carbonyl (C=O) groups excluding carboxylic acids is 1. The summed E-state index contributed by atoms with van der Waals surface area (Å²) in [7, 11) is 0. The fraction of sp³-hybridized carbons (Fsp3) is 0.286. The zero-order chi connectivity index (χ0) is 19.3. The molecule has 0 bridgehead atoms. The van der Waals surface area contributed by atoms with Crippen molar-refractivity contribution in [1.82, 2.24) is 20.1 Å². The van der Waals surface area contributed by atoms with Crippen molar-refractivity contribution in [1.29, 1.82) is 0 Å². The minimum atomic E-state index is -0.366. The molecule has 1 aliphatic heterocycles. The predicted octanol–water partition coefficient (Wildman–Crippen LogP) is 3.43. The summed E-state index contributed by atoms with van der Waals surface area (Å²) in [6, 6.07) is 11.8.